The summed E-state index contributed by atoms with van der Waals surface area (Å²) < 4.78 is 16.9. The van der Waals surface area contributed by atoms with Crippen LogP contribution in [0, 0.1) is 0 Å². The van der Waals surface area contributed by atoms with Crippen LogP contribution < -0.4 is 9.47 Å². The Labute approximate surface area is 206 Å². The minimum atomic E-state index is -0.659. The highest BCUT2D eigenvalue weighted by molar-refractivity contribution is 7.10. The van der Waals surface area contributed by atoms with E-state index in [2.05, 4.69) is 24.9 Å². The smallest absolute Gasteiger partial charge is 0.237 e. The van der Waals surface area contributed by atoms with Crippen LogP contribution in [0.15, 0.2) is 48.4 Å². The molecule has 1 aromatic heterocycles. The van der Waals surface area contributed by atoms with Crippen molar-refractivity contribution in [3.63, 3.8) is 0 Å². The molecule has 2 heterocycles. The fraction of sp³-hybridized carbons (Fsp3) is 0.500. The van der Waals surface area contributed by atoms with Gasteiger partial charge in [0, 0.05) is 18.0 Å². The number of hydrogen-bond acceptors (Lipinski definition) is 7. The van der Waals surface area contributed by atoms with Crippen molar-refractivity contribution in [1.29, 1.82) is 0 Å². The number of para-hydroxylation sites is 2. The topological polar surface area (TPSA) is 71.5 Å². The van der Waals surface area contributed by atoms with Crippen LogP contribution in [-0.4, -0.2) is 80.0 Å². The highest BCUT2D eigenvalue weighted by atomic mass is 32.1. The summed E-state index contributed by atoms with van der Waals surface area (Å²) in [5.74, 6) is 1.37. The van der Waals surface area contributed by atoms with Crippen LogP contribution >= 0.6 is 11.3 Å². The molecular weight excluding hydrogens is 452 g/mol. The minimum Gasteiger partial charge on any atom is -0.493 e. The number of rotatable bonds is 14. The summed E-state index contributed by atoms with van der Waals surface area (Å²) >= 11 is 1.73. The first kappa shape index (κ1) is 26.2. The number of nitrogens with zero attached hydrogens (tertiary/aromatic N) is 2. The third kappa shape index (κ3) is 7.06. The number of hydrogen-bond donors (Lipinski definition) is 1. The molecule has 0 radical (unpaired) electrons. The number of fused-ring (bicyclic) bond motifs is 1. The van der Waals surface area contributed by atoms with Gasteiger partial charge in [-0.05, 0) is 48.5 Å². The first-order chi connectivity index (χ1) is 16.6. The molecule has 0 bridgehead atoms. The maximum Gasteiger partial charge on any atom is 0.237 e. The van der Waals surface area contributed by atoms with Crippen LogP contribution in [0.1, 0.15) is 29.8 Å². The Morgan fingerprint density at radius 2 is 2.15 bits per heavy atom. The van der Waals surface area contributed by atoms with Crippen molar-refractivity contribution >= 4 is 17.2 Å². The molecule has 2 atom stereocenters. The van der Waals surface area contributed by atoms with Gasteiger partial charge in [0.1, 0.15) is 6.61 Å². The molecule has 0 unspecified atom stereocenters. The van der Waals surface area contributed by atoms with Crippen molar-refractivity contribution in [3.8, 4) is 11.5 Å². The first-order valence-corrected chi connectivity index (χ1v) is 12.7. The van der Waals surface area contributed by atoms with Crippen LogP contribution in [-0.2, 0) is 16.0 Å². The Morgan fingerprint density at radius 3 is 2.88 bits per heavy atom. The van der Waals surface area contributed by atoms with Gasteiger partial charge in [-0.25, -0.2) is 0 Å². The number of amides is 1. The van der Waals surface area contributed by atoms with E-state index in [1.807, 2.05) is 34.1 Å². The molecule has 1 aliphatic heterocycles. The highest BCUT2D eigenvalue weighted by Crippen LogP contribution is 2.35. The summed E-state index contributed by atoms with van der Waals surface area (Å²) in [6, 6.07) is 9.48. The van der Waals surface area contributed by atoms with Gasteiger partial charge in [-0.2, -0.15) is 0 Å². The van der Waals surface area contributed by atoms with Gasteiger partial charge in [0.25, 0.3) is 0 Å². The Hall–Kier alpha value is -2.39. The van der Waals surface area contributed by atoms with Crippen molar-refractivity contribution in [1.82, 2.24) is 9.80 Å². The maximum atomic E-state index is 13.5. The second kappa shape index (κ2) is 13.5. The van der Waals surface area contributed by atoms with Gasteiger partial charge in [-0.15, -0.1) is 17.9 Å². The quantitative estimate of drug-likeness (QED) is 0.324. The number of carbonyl (C=O) groups is 1. The van der Waals surface area contributed by atoms with Crippen molar-refractivity contribution in [2.24, 2.45) is 0 Å². The Morgan fingerprint density at radius 1 is 1.35 bits per heavy atom. The standard InChI is InChI=1S/C26H36N2O5S/c1-4-12-27(16-20(29)18-32-14-5-2)17-26(30)28-13-10-25-21(11-15-34-25)22(28)19-33-24-9-7-6-8-23(24)31-3/h5-9,11,15,20,22,29H,2,4,10,12-14,16-19H2,1,3H3/t20-,22-/m1/s1. The van der Waals surface area contributed by atoms with Crippen molar-refractivity contribution in [3.05, 3.63) is 58.8 Å². The molecule has 1 aliphatic rings. The van der Waals surface area contributed by atoms with Crippen LogP contribution in [0.4, 0.5) is 0 Å². The van der Waals surface area contributed by atoms with Gasteiger partial charge < -0.3 is 24.2 Å². The summed E-state index contributed by atoms with van der Waals surface area (Å²) in [7, 11) is 1.62. The molecule has 0 aliphatic carbocycles. The Kier molecular flexibility index (Phi) is 10.4. The van der Waals surface area contributed by atoms with E-state index in [0.29, 0.717) is 37.8 Å². The van der Waals surface area contributed by atoms with E-state index in [9.17, 15) is 9.90 Å². The normalized spacial score (nSPS) is 16.2. The summed E-state index contributed by atoms with van der Waals surface area (Å²) in [6.07, 6.45) is 2.73. The molecule has 1 N–H and O–H groups in total. The van der Waals surface area contributed by atoms with E-state index in [1.54, 1.807) is 24.5 Å². The Balaban J connectivity index is 1.69. The molecule has 1 aromatic carbocycles. The number of thiophene rings is 1. The van der Waals surface area contributed by atoms with Crippen LogP contribution in [0.5, 0.6) is 11.5 Å². The molecule has 3 rings (SSSR count). The Bertz CT molecular complexity index is 918. The largest absolute Gasteiger partial charge is 0.493 e. The van der Waals surface area contributed by atoms with Crippen molar-refractivity contribution in [2.75, 3.05) is 53.1 Å². The van der Waals surface area contributed by atoms with Gasteiger partial charge >= 0.3 is 0 Å². The molecule has 8 heteroatoms. The second-order valence-electron chi connectivity index (χ2n) is 8.33. The van der Waals surface area contributed by atoms with Crippen LogP contribution in [0.25, 0.3) is 0 Å². The van der Waals surface area contributed by atoms with E-state index in [1.165, 1.54) is 4.88 Å². The maximum absolute atomic E-state index is 13.5. The number of aliphatic hydroxyl groups is 1. The zero-order valence-electron chi connectivity index (χ0n) is 20.2. The predicted octanol–water partition coefficient (Wildman–Crippen LogP) is 3.54. The van der Waals surface area contributed by atoms with Gasteiger partial charge in [0.2, 0.25) is 5.91 Å². The summed E-state index contributed by atoms with van der Waals surface area (Å²) in [4.78, 5) is 18.7. The lowest BCUT2D eigenvalue weighted by Crippen LogP contribution is -2.48. The lowest BCUT2D eigenvalue weighted by molar-refractivity contribution is -0.136. The average molecular weight is 489 g/mol. The molecule has 34 heavy (non-hydrogen) atoms. The average Bonchev–Trinajstić information content (AvgIpc) is 3.32. The monoisotopic (exact) mass is 488 g/mol. The number of aliphatic hydroxyl groups excluding tert-OH is 1. The molecule has 2 aromatic rings. The minimum absolute atomic E-state index is 0.0399. The van der Waals surface area contributed by atoms with Gasteiger partial charge in [-0.3, -0.25) is 9.69 Å². The lowest BCUT2D eigenvalue weighted by atomic mass is 10.0. The van der Waals surface area contributed by atoms with E-state index in [4.69, 9.17) is 14.2 Å². The fourth-order valence-electron chi connectivity index (χ4n) is 4.25. The van der Waals surface area contributed by atoms with Gasteiger partial charge in [0.15, 0.2) is 11.5 Å². The van der Waals surface area contributed by atoms with Gasteiger partial charge in [-0.1, -0.05) is 25.1 Å². The zero-order chi connectivity index (χ0) is 24.3. The summed E-state index contributed by atoms with van der Waals surface area (Å²) in [5, 5.41) is 12.4. The molecule has 0 spiro atoms. The number of carbonyl (C=O) groups excluding carboxylic acids is 1. The van der Waals surface area contributed by atoms with Gasteiger partial charge in [0.05, 0.1) is 39.0 Å². The molecular formula is C26H36N2O5S. The third-order valence-corrected chi connectivity index (χ3v) is 6.79. The molecule has 7 nitrogen and oxygen atoms in total. The number of ether oxygens (including phenoxy) is 3. The second-order valence-corrected chi connectivity index (χ2v) is 9.33. The zero-order valence-corrected chi connectivity index (χ0v) is 21.0. The predicted molar refractivity (Wildman–Crippen MR) is 135 cm³/mol. The van der Waals surface area contributed by atoms with E-state index in [0.717, 1.165) is 24.9 Å². The number of methoxy groups -OCH3 is 1. The molecule has 0 saturated carbocycles. The lowest BCUT2D eigenvalue weighted by Gasteiger charge is -2.37. The van der Waals surface area contributed by atoms with E-state index < -0.39 is 6.10 Å². The first-order valence-electron chi connectivity index (χ1n) is 11.8. The SMILES string of the molecule is C=CCOC[C@H](O)CN(CCC)CC(=O)N1CCc2sccc2[C@H]1COc1ccccc1OC. The summed E-state index contributed by atoms with van der Waals surface area (Å²) in [5.41, 5.74) is 1.15. The van der Waals surface area contributed by atoms with Crippen LogP contribution in [0.2, 0.25) is 0 Å². The molecule has 186 valence electrons. The van der Waals surface area contributed by atoms with E-state index >= 15 is 0 Å². The molecule has 1 amide bonds. The highest BCUT2D eigenvalue weighted by Gasteiger charge is 2.33. The summed E-state index contributed by atoms with van der Waals surface area (Å²) in [6.45, 7) is 8.66. The van der Waals surface area contributed by atoms with Crippen molar-refractivity contribution < 1.29 is 24.1 Å². The number of benzene rings is 1. The fourth-order valence-corrected chi connectivity index (χ4v) is 5.18. The van der Waals surface area contributed by atoms with Crippen molar-refractivity contribution in [2.45, 2.75) is 31.9 Å². The third-order valence-electron chi connectivity index (χ3n) is 5.79. The molecule has 0 fully saturated rings. The van der Waals surface area contributed by atoms with E-state index in [-0.39, 0.29) is 25.1 Å². The molecule has 0 saturated heterocycles. The van der Waals surface area contributed by atoms with Crippen LogP contribution in [0.3, 0.4) is 0 Å².